The van der Waals surface area contributed by atoms with Gasteiger partial charge in [-0.15, -0.1) is 11.8 Å². The molecule has 0 spiro atoms. The third kappa shape index (κ3) is 29.0. The van der Waals surface area contributed by atoms with E-state index in [-0.39, 0.29) is 60.7 Å². The number of aromatic nitrogens is 8. The second-order valence-electron chi connectivity index (χ2n) is 31.2. The molecular formula is C95H113N11O16S5. The van der Waals surface area contributed by atoms with E-state index >= 15 is 0 Å². The molecule has 674 valence electrons. The van der Waals surface area contributed by atoms with Crippen LogP contribution in [0.5, 0.6) is 0 Å². The van der Waals surface area contributed by atoms with E-state index in [0.717, 1.165) is 123 Å². The summed E-state index contributed by atoms with van der Waals surface area (Å²) in [7, 11) is -1.62. The molecule has 12 aromatic rings. The van der Waals surface area contributed by atoms with Gasteiger partial charge in [-0.2, -0.15) is 20.4 Å². The van der Waals surface area contributed by atoms with Crippen molar-refractivity contribution in [3.63, 3.8) is 0 Å². The number of sulfone groups is 4. The van der Waals surface area contributed by atoms with Gasteiger partial charge in [0.15, 0.2) is 39.3 Å². The Balaban J connectivity index is 0.000000191. The van der Waals surface area contributed by atoms with Crippen LogP contribution in [0, 0.1) is 27.7 Å². The van der Waals surface area contributed by atoms with Gasteiger partial charge in [0.1, 0.15) is 51.9 Å². The molecule has 12 rings (SSSR count). The minimum Gasteiger partial charge on any atom is -0.463 e. The average Bonchev–Trinajstić information content (AvgIpc) is 1.80. The number of nitrogens with zero attached hydrogens (tertiary/aromatic N) is 11. The van der Waals surface area contributed by atoms with Gasteiger partial charge in [0.25, 0.3) is 0 Å². The Labute approximate surface area is 750 Å². The van der Waals surface area contributed by atoms with Crippen molar-refractivity contribution in [3.05, 3.63) is 240 Å². The number of ether oxygens (including phenoxy) is 4. The van der Waals surface area contributed by atoms with Crippen molar-refractivity contribution in [1.29, 1.82) is 0 Å². The molecular weight excluding hydrogens is 1710 g/mol. The maximum atomic E-state index is 12.2. The predicted octanol–water partition coefficient (Wildman–Crippen LogP) is 14.4. The first kappa shape index (κ1) is 99.3. The van der Waals surface area contributed by atoms with E-state index in [4.69, 9.17) is 18.9 Å². The molecule has 0 atom stereocenters. The number of hydrogen-bond acceptors (Lipinski definition) is 24. The number of carbonyl (C=O) groups is 4. The Morgan fingerprint density at radius 2 is 0.591 bits per heavy atom. The molecule has 0 saturated heterocycles. The van der Waals surface area contributed by atoms with Crippen molar-refractivity contribution < 1.29 is 71.8 Å². The summed E-state index contributed by atoms with van der Waals surface area (Å²) in [6, 6.07) is 63.7. The van der Waals surface area contributed by atoms with E-state index in [1.54, 1.807) is 74.2 Å². The lowest BCUT2D eigenvalue weighted by atomic mass is 10.0. The zero-order valence-corrected chi connectivity index (χ0v) is 79.1. The Morgan fingerprint density at radius 3 is 0.850 bits per heavy atom. The fourth-order valence-corrected chi connectivity index (χ4v) is 17.3. The predicted molar refractivity (Wildman–Crippen MR) is 500 cm³/mol. The van der Waals surface area contributed by atoms with Gasteiger partial charge in [-0.3, -0.25) is 37.9 Å². The quantitative estimate of drug-likeness (QED) is 0.0205. The molecule has 4 heterocycles. The molecule has 0 bridgehead atoms. The topological polar surface area (TPSA) is 323 Å². The first-order valence-electron chi connectivity index (χ1n) is 41.1. The molecule has 0 fully saturated rings. The van der Waals surface area contributed by atoms with Crippen LogP contribution >= 0.6 is 11.8 Å². The third-order valence-corrected chi connectivity index (χ3v) is 25.6. The van der Waals surface area contributed by atoms with Crippen molar-refractivity contribution in [2.24, 2.45) is 0 Å². The lowest BCUT2D eigenvalue weighted by Crippen LogP contribution is -2.22. The zero-order chi connectivity index (χ0) is 92.7. The van der Waals surface area contributed by atoms with Crippen LogP contribution in [-0.4, -0.2) is 230 Å². The van der Waals surface area contributed by atoms with Crippen molar-refractivity contribution in [3.8, 4) is 89.5 Å². The zero-order valence-electron chi connectivity index (χ0n) is 75.0. The van der Waals surface area contributed by atoms with Gasteiger partial charge in [0.05, 0.1) is 70.9 Å². The molecule has 27 nitrogen and oxygen atoms in total. The summed E-state index contributed by atoms with van der Waals surface area (Å²) in [5.41, 5.74) is 18.8. The summed E-state index contributed by atoms with van der Waals surface area (Å²) in [5, 5.41) is 17.7. The van der Waals surface area contributed by atoms with E-state index in [1.165, 1.54) is 30.5 Å². The summed E-state index contributed by atoms with van der Waals surface area (Å²) in [6.45, 7) is 16.2. The first-order valence-corrected chi connectivity index (χ1v) is 49.8. The van der Waals surface area contributed by atoms with E-state index < -0.39 is 39.3 Å². The van der Waals surface area contributed by atoms with Crippen molar-refractivity contribution >= 4 is 75.0 Å². The van der Waals surface area contributed by atoms with Crippen LogP contribution in [0.1, 0.15) is 54.7 Å². The summed E-state index contributed by atoms with van der Waals surface area (Å²) < 4.78 is 124. The van der Waals surface area contributed by atoms with Gasteiger partial charge < -0.3 is 33.6 Å². The van der Waals surface area contributed by atoms with Gasteiger partial charge in [0.2, 0.25) is 0 Å². The number of hydrogen-bond donors (Lipinski definition) is 0. The van der Waals surface area contributed by atoms with Crippen LogP contribution in [-0.2, 0) is 116 Å². The maximum Gasteiger partial charge on any atom is 0.328 e. The second-order valence-corrected chi connectivity index (χ2v) is 40.3. The number of rotatable bonds is 34. The molecule has 0 N–H and O–H groups in total. The van der Waals surface area contributed by atoms with Gasteiger partial charge in [0, 0.05) is 38.4 Å². The molecule has 0 radical (unpaired) electrons. The normalized spacial score (nSPS) is 11.6. The highest BCUT2D eigenvalue weighted by Gasteiger charge is 2.22. The largest absolute Gasteiger partial charge is 0.463 e. The van der Waals surface area contributed by atoms with Gasteiger partial charge >= 0.3 is 23.9 Å². The van der Waals surface area contributed by atoms with Gasteiger partial charge in [-0.25, -0.2) is 33.7 Å². The fourth-order valence-electron chi connectivity index (χ4n) is 13.4. The van der Waals surface area contributed by atoms with Crippen LogP contribution in [0.3, 0.4) is 0 Å². The van der Waals surface area contributed by atoms with E-state index in [1.807, 2.05) is 263 Å². The first-order chi connectivity index (χ1) is 60.1. The van der Waals surface area contributed by atoms with Crippen LogP contribution in [0.25, 0.3) is 89.5 Å². The molecule has 0 aliphatic carbocycles. The van der Waals surface area contributed by atoms with Crippen molar-refractivity contribution in [1.82, 2.24) is 53.8 Å². The fraction of sp³-hybridized carbons (Fsp3) is 0.326. The van der Waals surface area contributed by atoms with Crippen LogP contribution < -0.4 is 0 Å². The molecule has 0 aliphatic heterocycles. The molecule has 0 aliphatic rings. The molecule has 127 heavy (non-hydrogen) atoms. The highest BCUT2D eigenvalue weighted by Crippen LogP contribution is 2.34. The summed E-state index contributed by atoms with van der Waals surface area (Å²) in [6.07, 6.45) is 6.86. The Morgan fingerprint density at radius 1 is 0.331 bits per heavy atom. The minimum atomic E-state index is -3.31. The maximum absolute atomic E-state index is 12.2. The lowest BCUT2D eigenvalue weighted by molar-refractivity contribution is -0.145. The number of aryl methyl sites for hydroxylation is 6. The monoisotopic (exact) mass is 1820 g/mol. The number of carbonyl (C=O) groups excluding carboxylic acids is 4. The second kappa shape index (κ2) is 45.3. The molecule has 0 amide bonds. The van der Waals surface area contributed by atoms with E-state index in [0.29, 0.717) is 72.9 Å². The smallest absolute Gasteiger partial charge is 0.328 e. The van der Waals surface area contributed by atoms with Crippen LogP contribution in [0.2, 0.25) is 0 Å². The Bertz CT molecular complexity index is 6280. The van der Waals surface area contributed by atoms with E-state index in [9.17, 15) is 52.8 Å². The Kier molecular flexibility index (Phi) is 35.4. The summed E-state index contributed by atoms with van der Waals surface area (Å²) in [5.74, 6) is -0.949. The SMILES string of the molecule is CCS(=O)(=O)c1cccc(-c2ccc(-c3cc(C)nn3CC(=O)OCCN(C)C)cc2)c1.CCc1ccc(-c2ccc(-c3cc(C)nn3CC(=O)OCCN(C)C)cc2)cc1S(C)(=O)=O.CCc1ccc(-c2ccc(-c3cc(C)nn3CC(=O)OCSC)cc2)cc1S(C)(=O)=O.Cc1cc(-c2ccc(-c3cccc(S(C)(=O)=O)c3)cc2)n(CC(=O)OCCN(C)C)n1. The van der Waals surface area contributed by atoms with Gasteiger partial charge in [-0.05, 0) is 228 Å². The van der Waals surface area contributed by atoms with Crippen molar-refractivity contribution in [2.45, 2.75) is 107 Å². The van der Waals surface area contributed by atoms with Crippen LogP contribution in [0.15, 0.2) is 226 Å². The number of benzene rings is 8. The number of likely N-dealkylation sites (N-methyl/N-ethyl adjacent to an activating group) is 3. The molecule has 0 saturated carbocycles. The highest BCUT2D eigenvalue weighted by molar-refractivity contribution is 7.98. The Hall–Kier alpha value is -11.5. The molecule has 32 heteroatoms. The summed E-state index contributed by atoms with van der Waals surface area (Å²) >= 11 is 1.44. The van der Waals surface area contributed by atoms with Gasteiger partial charge in [-0.1, -0.05) is 166 Å². The van der Waals surface area contributed by atoms with Crippen LogP contribution in [0.4, 0.5) is 0 Å². The molecule has 0 unspecified atom stereocenters. The highest BCUT2D eigenvalue weighted by atomic mass is 32.2. The standard InChI is InChI=1S/C25H31N3O4S.C24H29N3O4S.C23H27N3O4S.C23H26N2O4S2/c1-6-19-7-12-22(16-24(19)33(5,30)31)20-8-10-21(11-9-20)23-15-18(2)26-28(23)17-25(29)32-14-13-27(3)4;1-5-32(29,30)22-8-6-7-21(16-22)19-9-11-20(12-10-19)23-15-18(2)25-27(23)17-24(28)31-14-13-26(3)4;1-17-14-22(26(24-17)16-23(27)30-13-12-25(2)3)19-10-8-18(9-11-19)20-6-5-7-21(15-20)31(4,28)29;1-5-17-6-11-20(13-22(17)31(4,27)28)18-7-9-19(10-8-18)21-12-16(2)24-25(21)14-23(26)29-15-30-3/h7-12,15-16H,6,13-14,17H2,1-5H3;6-12,15-16H,5,13-14,17H2,1-4H3;5-11,14-15H,12-13,16H2,1-4H3;6-13H,5,14-15H2,1-4H3. The molecule has 4 aromatic heterocycles. The number of esters is 4. The molecule has 8 aromatic carbocycles. The average molecular weight is 1830 g/mol. The minimum absolute atomic E-state index is 0.0363. The van der Waals surface area contributed by atoms with Crippen molar-refractivity contribution in [2.75, 3.05) is 118 Å². The number of thioether (sulfide) groups is 1. The van der Waals surface area contributed by atoms with E-state index in [2.05, 4.69) is 20.4 Å². The lowest BCUT2D eigenvalue weighted by Gasteiger charge is -2.12. The third-order valence-electron chi connectivity index (χ3n) is 20.1. The summed E-state index contributed by atoms with van der Waals surface area (Å²) in [4.78, 5) is 55.9.